The summed E-state index contributed by atoms with van der Waals surface area (Å²) in [6.45, 7) is 0. The Bertz CT molecular complexity index is 143. The Hall–Kier alpha value is 0.410. The summed E-state index contributed by atoms with van der Waals surface area (Å²) in [4.78, 5) is 3.77. The van der Waals surface area contributed by atoms with Crippen LogP contribution in [0.1, 0.15) is 0 Å². The van der Waals surface area contributed by atoms with Crippen LogP contribution in [0.5, 0.6) is 0 Å². The highest BCUT2D eigenvalue weighted by Crippen LogP contribution is 1.92. The average Bonchev–Trinajstić information content (AvgIpc) is 1.69. The molecule has 0 unspecified atom stereocenters. The van der Waals surface area contributed by atoms with Crippen LogP contribution in [-0.4, -0.2) is 4.98 Å². The van der Waals surface area contributed by atoms with Gasteiger partial charge in [-0.2, -0.15) is 0 Å². The minimum atomic E-state index is 0. The van der Waals surface area contributed by atoms with Crippen LogP contribution in [0, 0.1) is 0 Å². The third-order valence-corrected chi connectivity index (χ3v) is 0.706. The maximum atomic E-state index is 5.32. The van der Waals surface area contributed by atoms with Gasteiger partial charge in [-0.3, -0.25) is 4.98 Å². The van der Waals surface area contributed by atoms with Gasteiger partial charge in [0, 0.05) is 18.1 Å². The number of rotatable bonds is 0. The van der Waals surface area contributed by atoms with Crippen molar-refractivity contribution < 1.29 is 0 Å². The third kappa shape index (κ3) is 4.89. The van der Waals surface area contributed by atoms with E-state index in [0.717, 1.165) is 5.69 Å². The summed E-state index contributed by atoms with van der Waals surface area (Å²) in [6.07, 6.45) is 3.32. The Labute approximate surface area is 88.3 Å². The number of nitrogens with two attached hydrogens (primary N) is 1. The van der Waals surface area contributed by atoms with Gasteiger partial charge < -0.3 is 5.73 Å². The highest BCUT2D eigenvalue weighted by Gasteiger charge is 1.73. The molecule has 2 N–H and O–H groups in total. The normalized spacial score (nSPS) is 6.67. The zero-order valence-corrected chi connectivity index (χ0v) is 9.31. The van der Waals surface area contributed by atoms with E-state index in [0.29, 0.717) is 0 Å². The van der Waals surface area contributed by atoms with E-state index in [1.54, 1.807) is 24.5 Å². The molecule has 0 bridgehead atoms. The van der Waals surface area contributed by atoms with E-state index >= 15 is 0 Å². The maximum absolute atomic E-state index is 5.32. The first-order chi connectivity index (χ1) is 3.39. The van der Waals surface area contributed by atoms with E-state index in [-0.39, 0.29) is 48.0 Å². The van der Waals surface area contributed by atoms with Crippen LogP contribution >= 0.6 is 48.0 Å². The number of nitrogen functional groups attached to an aromatic ring is 1. The summed E-state index contributed by atoms with van der Waals surface area (Å²) in [6, 6.07) is 3.50. The average molecular weight is 350 g/mol. The van der Waals surface area contributed by atoms with Crippen molar-refractivity contribution in [3.8, 4) is 0 Å². The van der Waals surface area contributed by atoms with Crippen molar-refractivity contribution in [2.24, 2.45) is 0 Å². The Morgan fingerprint density at radius 3 is 1.78 bits per heavy atom. The molecule has 0 aromatic carbocycles. The van der Waals surface area contributed by atoms with Crippen LogP contribution < -0.4 is 5.73 Å². The molecule has 4 heteroatoms. The first-order valence-corrected chi connectivity index (χ1v) is 2.05. The van der Waals surface area contributed by atoms with E-state index in [9.17, 15) is 0 Å². The summed E-state index contributed by atoms with van der Waals surface area (Å²) in [5.74, 6) is 0. The molecule has 0 atom stereocenters. The molecule has 0 spiro atoms. The molecule has 0 amide bonds. The number of pyridine rings is 1. The second-order valence-electron chi connectivity index (χ2n) is 1.28. The van der Waals surface area contributed by atoms with E-state index in [1.165, 1.54) is 0 Å². The highest BCUT2D eigenvalue weighted by atomic mass is 127. The van der Waals surface area contributed by atoms with Gasteiger partial charge >= 0.3 is 0 Å². The van der Waals surface area contributed by atoms with Crippen molar-refractivity contribution in [2.45, 2.75) is 0 Å². The number of anilines is 1. The Morgan fingerprint density at radius 2 is 1.56 bits per heavy atom. The van der Waals surface area contributed by atoms with Crippen LogP contribution in [0.4, 0.5) is 5.69 Å². The SMILES string of the molecule is I.I.Nc1ccncc1. The molecule has 9 heavy (non-hydrogen) atoms. The van der Waals surface area contributed by atoms with Crippen LogP contribution in [0.15, 0.2) is 24.5 Å². The van der Waals surface area contributed by atoms with E-state index in [2.05, 4.69) is 4.98 Å². The molecule has 1 heterocycles. The smallest absolute Gasteiger partial charge is 0.0344 e. The number of nitrogens with zero attached hydrogens (tertiary/aromatic N) is 1. The van der Waals surface area contributed by atoms with Crippen LogP contribution in [-0.2, 0) is 0 Å². The molecule has 0 aliphatic carbocycles. The Balaban J connectivity index is 0. The summed E-state index contributed by atoms with van der Waals surface area (Å²) >= 11 is 0. The molecule has 0 saturated heterocycles. The lowest BCUT2D eigenvalue weighted by molar-refractivity contribution is 1.33. The number of hydrogen-bond donors (Lipinski definition) is 1. The topological polar surface area (TPSA) is 38.9 Å². The number of halogens is 2. The van der Waals surface area contributed by atoms with E-state index in [4.69, 9.17) is 5.73 Å². The predicted molar refractivity (Wildman–Crippen MR) is 59.5 cm³/mol. The second kappa shape index (κ2) is 6.53. The first kappa shape index (κ1) is 12.1. The zero-order valence-electron chi connectivity index (χ0n) is 4.65. The third-order valence-electron chi connectivity index (χ3n) is 0.706. The quantitative estimate of drug-likeness (QED) is 0.726. The van der Waals surface area contributed by atoms with Crippen molar-refractivity contribution in [3.63, 3.8) is 0 Å². The van der Waals surface area contributed by atoms with Crippen molar-refractivity contribution in [2.75, 3.05) is 5.73 Å². The fraction of sp³-hybridized carbons (Fsp3) is 0. The molecular formula is C5H8I2N2. The van der Waals surface area contributed by atoms with Gasteiger partial charge in [-0.05, 0) is 12.1 Å². The van der Waals surface area contributed by atoms with Gasteiger partial charge in [-0.15, -0.1) is 48.0 Å². The molecule has 52 valence electrons. The highest BCUT2D eigenvalue weighted by molar-refractivity contribution is 14.0. The molecule has 1 aromatic heterocycles. The predicted octanol–water partition coefficient (Wildman–Crippen LogP) is 1.90. The Kier molecular flexibility index (Phi) is 8.79. The van der Waals surface area contributed by atoms with Gasteiger partial charge in [0.15, 0.2) is 0 Å². The van der Waals surface area contributed by atoms with Gasteiger partial charge in [0.05, 0.1) is 0 Å². The van der Waals surface area contributed by atoms with Crippen molar-refractivity contribution in [1.82, 2.24) is 4.98 Å². The summed E-state index contributed by atoms with van der Waals surface area (Å²) < 4.78 is 0. The fourth-order valence-electron chi connectivity index (χ4n) is 0.363. The van der Waals surface area contributed by atoms with Crippen LogP contribution in [0.2, 0.25) is 0 Å². The van der Waals surface area contributed by atoms with Crippen LogP contribution in [0.3, 0.4) is 0 Å². The molecule has 0 saturated carbocycles. The second-order valence-corrected chi connectivity index (χ2v) is 1.28. The monoisotopic (exact) mass is 350 g/mol. The van der Waals surface area contributed by atoms with Crippen LogP contribution in [0.25, 0.3) is 0 Å². The molecular weight excluding hydrogens is 342 g/mol. The number of hydrogen-bond acceptors (Lipinski definition) is 2. The first-order valence-electron chi connectivity index (χ1n) is 2.05. The number of aromatic nitrogens is 1. The van der Waals surface area contributed by atoms with Crippen molar-refractivity contribution >= 4 is 53.6 Å². The molecule has 1 rings (SSSR count). The lowest BCUT2D eigenvalue weighted by atomic mass is 10.4. The van der Waals surface area contributed by atoms with Gasteiger partial charge in [0.2, 0.25) is 0 Å². The lowest BCUT2D eigenvalue weighted by Gasteiger charge is -1.83. The maximum Gasteiger partial charge on any atom is 0.0344 e. The minimum absolute atomic E-state index is 0. The van der Waals surface area contributed by atoms with Gasteiger partial charge in [0.25, 0.3) is 0 Å². The molecule has 0 radical (unpaired) electrons. The molecule has 0 fully saturated rings. The summed E-state index contributed by atoms with van der Waals surface area (Å²) in [5, 5.41) is 0. The van der Waals surface area contributed by atoms with E-state index in [1.807, 2.05) is 0 Å². The van der Waals surface area contributed by atoms with Gasteiger partial charge in [0.1, 0.15) is 0 Å². The largest absolute Gasteiger partial charge is 0.399 e. The summed E-state index contributed by atoms with van der Waals surface area (Å²) in [7, 11) is 0. The minimum Gasteiger partial charge on any atom is -0.399 e. The van der Waals surface area contributed by atoms with Crippen molar-refractivity contribution in [3.05, 3.63) is 24.5 Å². The molecule has 0 aliphatic rings. The fourth-order valence-corrected chi connectivity index (χ4v) is 0.363. The molecule has 2 nitrogen and oxygen atoms in total. The Morgan fingerprint density at radius 1 is 1.11 bits per heavy atom. The van der Waals surface area contributed by atoms with Gasteiger partial charge in [-0.1, -0.05) is 0 Å². The molecule has 1 aromatic rings. The van der Waals surface area contributed by atoms with Gasteiger partial charge in [-0.25, -0.2) is 0 Å². The summed E-state index contributed by atoms with van der Waals surface area (Å²) in [5.41, 5.74) is 6.08. The zero-order chi connectivity index (χ0) is 5.11. The molecule has 0 aliphatic heterocycles. The lowest BCUT2D eigenvalue weighted by Crippen LogP contribution is -1.81. The standard InChI is InChI=1S/C5H6N2.2HI/c6-5-1-3-7-4-2-5;;/h1-4H,(H2,6,7);2*1H. The van der Waals surface area contributed by atoms with E-state index < -0.39 is 0 Å². The van der Waals surface area contributed by atoms with Crippen molar-refractivity contribution in [1.29, 1.82) is 0 Å².